The van der Waals surface area contributed by atoms with E-state index in [2.05, 4.69) is 10.2 Å². The number of nitrogens with zero attached hydrogens (tertiary/aromatic N) is 2. The van der Waals surface area contributed by atoms with Gasteiger partial charge in [0.25, 0.3) is 0 Å². The van der Waals surface area contributed by atoms with E-state index in [9.17, 15) is 4.79 Å². The zero-order chi connectivity index (χ0) is 16.5. The summed E-state index contributed by atoms with van der Waals surface area (Å²) in [6, 6.07) is 5.86. The van der Waals surface area contributed by atoms with E-state index in [-0.39, 0.29) is 11.9 Å². The lowest BCUT2D eigenvalue weighted by atomic mass is 9.96. The summed E-state index contributed by atoms with van der Waals surface area (Å²) in [5.74, 6) is -0.536. The fraction of sp³-hybridized carbons (Fsp3) is 0.438. The molecule has 0 radical (unpaired) electrons. The summed E-state index contributed by atoms with van der Waals surface area (Å²) < 4.78 is 5.44. The number of anilines is 1. The largest absolute Gasteiger partial charge is 0.460 e. The molecule has 0 fully saturated rings. The quantitative estimate of drug-likeness (QED) is 0.875. The van der Waals surface area contributed by atoms with Crippen LogP contribution in [0.25, 0.3) is 10.6 Å². The molecular formula is C16H21N3O2S. The van der Waals surface area contributed by atoms with Crippen molar-refractivity contribution in [3.8, 4) is 10.6 Å². The van der Waals surface area contributed by atoms with Crippen molar-refractivity contribution in [2.75, 3.05) is 5.73 Å². The van der Waals surface area contributed by atoms with Gasteiger partial charge in [-0.2, -0.15) is 0 Å². The summed E-state index contributed by atoms with van der Waals surface area (Å²) in [6.07, 6.45) is 0. The van der Waals surface area contributed by atoms with Gasteiger partial charge in [0.05, 0.1) is 5.92 Å². The number of benzene rings is 1. The van der Waals surface area contributed by atoms with Crippen LogP contribution in [0.5, 0.6) is 0 Å². The maximum absolute atomic E-state index is 12.2. The van der Waals surface area contributed by atoms with Gasteiger partial charge in [-0.25, -0.2) is 0 Å². The molecule has 1 unspecified atom stereocenters. The van der Waals surface area contributed by atoms with E-state index in [0.717, 1.165) is 21.7 Å². The van der Waals surface area contributed by atoms with Crippen LogP contribution in [-0.2, 0) is 9.53 Å². The average molecular weight is 319 g/mol. The summed E-state index contributed by atoms with van der Waals surface area (Å²) >= 11 is 1.35. The average Bonchev–Trinajstić information content (AvgIpc) is 2.82. The Morgan fingerprint density at radius 3 is 2.50 bits per heavy atom. The Morgan fingerprint density at radius 1 is 1.32 bits per heavy atom. The highest BCUT2D eigenvalue weighted by Crippen LogP contribution is 2.30. The van der Waals surface area contributed by atoms with Gasteiger partial charge in [0.15, 0.2) is 0 Å². The van der Waals surface area contributed by atoms with Crippen LogP contribution in [0.2, 0.25) is 0 Å². The number of ether oxygens (including phenoxy) is 1. The summed E-state index contributed by atoms with van der Waals surface area (Å²) in [5, 5.41) is 9.12. The van der Waals surface area contributed by atoms with E-state index >= 15 is 0 Å². The number of esters is 1. The maximum Gasteiger partial charge on any atom is 0.313 e. The number of hydrogen-bond acceptors (Lipinski definition) is 6. The molecule has 0 saturated heterocycles. The van der Waals surface area contributed by atoms with E-state index in [1.54, 1.807) is 0 Å². The first-order valence-corrected chi connectivity index (χ1v) is 7.92. The summed E-state index contributed by atoms with van der Waals surface area (Å²) in [6.45, 7) is 9.44. The molecule has 1 aromatic carbocycles. The second-order valence-electron chi connectivity index (χ2n) is 6.27. The minimum atomic E-state index is -0.482. The SMILES string of the molecule is Cc1cc(C(C)C(=O)OC(C)(C)C)ccc1-c1nnc(N)s1. The third kappa shape index (κ3) is 3.82. The molecule has 2 rings (SSSR count). The highest BCUT2D eigenvalue weighted by Gasteiger charge is 2.23. The van der Waals surface area contributed by atoms with Gasteiger partial charge >= 0.3 is 5.97 Å². The molecule has 2 N–H and O–H groups in total. The van der Waals surface area contributed by atoms with E-state index in [0.29, 0.717) is 5.13 Å². The van der Waals surface area contributed by atoms with Crippen molar-refractivity contribution in [2.45, 2.75) is 46.1 Å². The van der Waals surface area contributed by atoms with E-state index in [4.69, 9.17) is 10.5 Å². The van der Waals surface area contributed by atoms with Crippen LogP contribution >= 0.6 is 11.3 Å². The molecule has 0 saturated carbocycles. The van der Waals surface area contributed by atoms with Crippen LogP contribution < -0.4 is 5.73 Å². The topological polar surface area (TPSA) is 78.1 Å². The molecule has 0 aliphatic heterocycles. The summed E-state index contributed by atoms with van der Waals surface area (Å²) in [5.41, 5.74) is 8.08. The number of carbonyl (C=O) groups is 1. The minimum Gasteiger partial charge on any atom is -0.460 e. The molecule has 5 nitrogen and oxygen atoms in total. The van der Waals surface area contributed by atoms with E-state index in [1.165, 1.54) is 11.3 Å². The molecule has 1 aromatic heterocycles. The van der Waals surface area contributed by atoms with E-state index < -0.39 is 5.60 Å². The lowest BCUT2D eigenvalue weighted by Crippen LogP contribution is -2.26. The van der Waals surface area contributed by atoms with Crippen LogP contribution in [0.15, 0.2) is 18.2 Å². The number of aromatic nitrogens is 2. The molecule has 0 aliphatic rings. The number of hydrogen-bond donors (Lipinski definition) is 1. The predicted octanol–water partition coefficient (Wildman–Crippen LogP) is 3.54. The van der Waals surface area contributed by atoms with Gasteiger partial charge in [0.2, 0.25) is 5.13 Å². The molecule has 22 heavy (non-hydrogen) atoms. The molecular weight excluding hydrogens is 298 g/mol. The van der Waals surface area contributed by atoms with Gasteiger partial charge in [-0.3, -0.25) is 4.79 Å². The van der Waals surface area contributed by atoms with Crippen molar-refractivity contribution in [2.24, 2.45) is 0 Å². The van der Waals surface area contributed by atoms with E-state index in [1.807, 2.05) is 52.8 Å². The zero-order valence-corrected chi connectivity index (χ0v) is 14.3. The number of aryl methyl sites for hydroxylation is 1. The van der Waals surface area contributed by atoms with Crippen molar-refractivity contribution in [3.05, 3.63) is 29.3 Å². The molecule has 0 amide bonds. The second-order valence-corrected chi connectivity index (χ2v) is 7.28. The third-order valence-electron chi connectivity index (χ3n) is 3.18. The summed E-state index contributed by atoms with van der Waals surface area (Å²) in [7, 11) is 0. The van der Waals surface area contributed by atoms with Gasteiger partial charge in [-0.05, 0) is 45.7 Å². The molecule has 0 bridgehead atoms. The van der Waals surface area contributed by atoms with Crippen molar-refractivity contribution < 1.29 is 9.53 Å². The Bertz CT molecular complexity index is 689. The van der Waals surface area contributed by atoms with Crippen LogP contribution in [0.4, 0.5) is 5.13 Å². The Hall–Kier alpha value is -1.95. The molecule has 1 heterocycles. The molecule has 0 aliphatic carbocycles. The fourth-order valence-electron chi connectivity index (χ4n) is 2.07. The number of rotatable bonds is 3. The van der Waals surface area contributed by atoms with Gasteiger partial charge in [0.1, 0.15) is 10.6 Å². The normalized spacial score (nSPS) is 13.0. The Labute approximate surface area is 134 Å². The fourth-order valence-corrected chi connectivity index (χ4v) is 2.77. The molecule has 118 valence electrons. The maximum atomic E-state index is 12.2. The molecule has 2 aromatic rings. The molecule has 6 heteroatoms. The van der Waals surface area contributed by atoms with Gasteiger partial charge < -0.3 is 10.5 Å². The monoisotopic (exact) mass is 319 g/mol. The predicted molar refractivity (Wildman–Crippen MR) is 88.8 cm³/mol. The Kier molecular flexibility index (Phi) is 4.51. The van der Waals surface area contributed by atoms with Gasteiger partial charge in [-0.15, -0.1) is 10.2 Å². The third-order valence-corrected chi connectivity index (χ3v) is 3.97. The lowest BCUT2D eigenvalue weighted by Gasteiger charge is -2.22. The first-order valence-electron chi connectivity index (χ1n) is 7.10. The Morgan fingerprint density at radius 2 is 2.00 bits per heavy atom. The van der Waals surface area contributed by atoms with Crippen LogP contribution in [0.3, 0.4) is 0 Å². The zero-order valence-electron chi connectivity index (χ0n) is 13.5. The second kappa shape index (κ2) is 6.04. The summed E-state index contributed by atoms with van der Waals surface area (Å²) in [4.78, 5) is 12.2. The van der Waals surface area contributed by atoms with Crippen molar-refractivity contribution in [1.82, 2.24) is 10.2 Å². The number of nitrogen functional groups attached to an aromatic ring is 1. The Balaban J connectivity index is 2.24. The first kappa shape index (κ1) is 16.4. The van der Waals surface area contributed by atoms with Crippen LogP contribution in [-0.4, -0.2) is 21.8 Å². The number of carbonyl (C=O) groups excluding carboxylic acids is 1. The molecule has 1 atom stereocenters. The smallest absolute Gasteiger partial charge is 0.313 e. The van der Waals surface area contributed by atoms with Crippen LogP contribution in [0, 0.1) is 6.92 Å². The van der Waals surface area contributed by atoms with Crippen LogP contribution in [0.1, 0.15) is 44.7 Å². The highest BCUT2D eigenvalue weighted by molar-refractivity contribution is 7.18. The molecule has 0 spiro atoms. The van der Waals surface area contributed by atoms with Gasteiger partial charge in [0, 0.05) is 5.56 Å². The lowest BCUT2D eigenvalue weighted by molar-refractivity contribution is -0.156. The van der Waals surface area contributed by atoms with Crippen molar-refractivity contribution in [3.63, 3.8) is 0 Å². The first-order chi connectivity index (χ1) is 10.2. The van der Waals surface area contributed by atoms with Crippen molar-refractivity contribution >= 4 is 22.4 Å². The number of nitrogens with two attached hydrogens (primary N) is 1. The van der Waals surface area contributed by atoms with Gasteiger partial charge in [-0.1, -0.05) is 29.5 Å². The highest BCUT2D eigenvalue weighted by atomic mass is 32.1. The standard InChI is InChI=1S/C16H21N3O2S/c1-9-8-11(10(2)14(20)21-16(3,4)5)6-7-12(9)13-18-19-15(17)22-13/h6-8,10H,1-5H3,(H2,17,19). The minimum absolute atomic E-state index is 0.222. The van der Waals surface area contributed by atoms with Crippen molar-refractivity contribution in [1.29, 1.82) is 0 Å².